The second-order valence-corrected chi connectivity index (χ2v) is 6.25. The fourth-order valence-corrected chi connectivity index (χ4v) is 3.51. The number of hydrogen-bond acceptors (Lipinski definition) is 3. The molecule has 0 bridgehead atoms. The SMILES string of the molecule is COc1ccccc1CCC[C@H](O)c1cc(Br)cs1. The van der Waals surface area contributed by atoms with Crippen molar-refractivity contribution in [2.45, 2.75) is 25.4 Å². The van der Waals surface area contributed by atoms with Crippen LogP contribution in [-0.2, 0) is 6.42 Å². The first-order valence-electron chi connectivity index (χ1n) is 6.24. The largest absolute Gasteiger partial charge is 0.496 e. The first-order valence-corrected chi connectivity index (χ1v) is 7.92. The Bertz CT molecular complexity index is 524. The van der Waals surface area contributed by atoms with Crippen LogP contribution in [0.15, 0.2) is 40.2 Å². The van der Waals surface area contributed by atoms with Gasteiger partial charge in [-0.2, -0.15) is 0 Å². The number of aliphatic hydroxyl groups excluding tert-OH is 1. The smallest absolute Gasteiger partial charge is 0.122 e. The molecule has 0 radical (unpaired) electrons. The van der Waals surface area contributed by atoms with Gasteiger partial charge in [-0.15, -0.1) is 11.3 Å². The van der Waals surface area contributed by atoms with E-state index in [9.17, 15) is 5.11 Å². The summed E-state index contributed by atoms with van der Waals surface area (Å²) in [6, 6.07) is 10.0. The van der Waals surface area contributed by atoms with E-state index in [4.69, 9.17) is 4.74 Å². The van der Waals surface area contributed by atoms with E-state index in [1.807, 2.05) is 29.6 Å². The summed E-state index contributed by atoms with van der Waals surface area (Å²) < 4.78 is 6.36. The molecule has 0 amide bonds. The maximum absolute atomic E-state index is 10.1. The molecule has 2 aromatic rings. The predicted octanol–water partition coefficient (Wildman–Crippen LogP) is 4.58. The van der Waals surface area contributed by atoms with Crippen LogP contribution in [0.1, 0.15) is 29.4 Å². The van der Waals surface area contributed by atoms with Crippen LogP contribution in [0.3, 0.4) is 0 Å². The van der Waals surface area contributed by atoms with Crippen molar-refractivity contribution in [2.24, 2.45) is 0 Å². The standard InChI is InChI=1S/C15H17BrO2S/c1-18-14-8-3-2-5-11(14)6-4-7-13(17)15-9-12(16)10-19-15/h2-3,5,8-10,13,17H,4,6-7H2,1H3/t13-/m0/s1. The van der Waals surface area contributed by atoms with E-state index in [2.05, 4.69) is 22.0 Å². The molecule has 1 atom stereocenters. The number of thiophene rings is 1. The summed E-state index contributed by atoms with van der Waals surface area (Å²) in [6.07, 6.45) is 2.27. The molecule has 102 valence electrons. The van der Waals surface area contributed by atoms with Gasteiger partial charge in [-0.1, -0.05) is 18.2 Å². The quantitative estimate of drug-likeness (QED) is 0.834. The third-order valence-electron chi connectivity index (χ3n) is 3.03. The lowest BCUT2D eigenvalue weighted by atomic mass is 10.0. The van der Waals surface area contributed by atoms with Crippen LogP contribution in [0, 0.1) is 0 Å². The molecular weight excluding hydrogens is 324 g/mol. The fourth-order valence-electron chi connectivity index (χ4n) is 2.04. The molecular formula is C15H17BrO2S. The molecule has 0 aliphatic heterocycles. The minimum absolute atomic E-state index is 0.369. The Kier molecular flexibility index (Phi) is 5.43. The van der Waals surface area contributed by atoms with E-state index < -0.39 is 0 Å². The van der Waals surface area contributed by atoms with E-state index in [1.54, 1.807) is 18.4 Å². The Balaban J connectivity index is 1.86. The van der Waals surface area contributed by atoms with Gasteiger partial charge < -0.3 is 9.84 Å². The summed E-state index contributed by atoms with van der Waals surface area (Å²) in [4.78, 5) is 1.02. The second kappa shape index (κ2) is 7.08. The van der Waals surface area contributed by atoms with Gasteiger partial charge >= 0.3 is 0 Å². The average Bonchev–Trinajstić information content (AvgIpc) is 2.86. The summed E-state index contributed by atoms with van der Waals surface area (Å²) in [5, 5.41) is 12.1. The summed E-state index contributed by atoms with van der Waals surface area (Å²) in [5.41, 5.74) is 1.20. The van der Waals surface area contributed by atoms with E-state index in [1.165, 1.54) is 5.56 Å². The molecule has 0 aliphatic rings. The van der Waals surface area contributed by atoms with Crippen LogP contribution < -0.4 is 4.74 Å². The van der Waals surface area contributed by atoms with E-state index in [0.29, 0.717) is 0 Å². The minimum Gasteiger partial charge on any atom is -0.496 e. The Hall–Kier alpha value is -0.840. The molecule has 19 heavy (non-hydrogen) atoms. The highest BCUT2D eigenvalue weighted by Crippen LogP contribution is 2.29. The van der Waals surface area contributed by atoms with E-state index >= 15 is 0 Å². The molecule has 0 aliphatic carbocycles. The molecule has 4 heteroatoms. The zero-order chi connectivity index (χ0) is 13.7. The first-order chi connectivity index (χ1) is 9.20. The van der Waals surface area contributed by atoms with Crippen molar-refractivity contribution in [3.63, 3.8) is 0 Å². The van der Waals surface area contributed by atoms with Crippen LogP contribution in [0.2, 0.25) is 0 Å². The van der Waals surface area contributed by atoms with Crippen LogP contribution >= 0.6 is 27.3 Å². The topological polar surface area (TPSA) is 29.5 Å². The third kappa shape index (κ3) is 4.06. The number of methoxy groups -OCH3 is 1. The molecule has 2 rings (SSSR count). The minimum atomic E-state index is -0.369. The van der Waals surface area contributed by atoms with Crippen molar-refractivity contribution < 1.29 is 9.84 Å². The van der Waals surface area contributed by atoms with Gasteiger partial charge in [0.25, 0.3) is 0 Å². The zero-order valence-electron chi connectivity index (χ0n) is 10.8. The number of hydrogen-bond donors (Lipinski definition) is 1. The van der Waals surface area contributed by atoms with Gasteiger partial charge in [0.2, 0.25) is 0 Å². The molecule has 1 aromatic carbocycles. The maximum Gasteiger partial charge on any atom is 0.122 e. The number of aliphatic hydroxyl groups is 1. The van der Waals surface area contributed by atoms with Gasteiger partial charge in [0.05, 0.1) is 13.2 Å². The maximum atomic E-state index is 10.1. The normalized spacial score (nSPS) is 12.4. The molecule has 2 nitrogen and oxygen atoms in total. The predicted molar refractivity (Wildman–Crippen MR) is 82.9 cm³/mol. The molecule has 0 fully saturated rings. The van der Waals surface area contributed by atoms with Gasteiger partial charge in [0, 0.05) is 14.7 Å². The molecule has 0 saturated heterocycles. The number of rotatable bonds is 6. The molecule has 0 spiro atoms. The van der Waals surface area contributed by atoms with Crippen molar-refractivity contribution in [1.29, 1.82) is 0 Å². The Labute approximate surface area is 126 Å². The number of aryl methyl sites for hydroxylation is 1. The summed E-state index contributed by atoms with van der Waals surface area (Å²) in [7, 11) is 1.69. The number of benzene rings is 1. The van der Waals surface area contributed by atoms with Gasteiger partial charge in [-0.3, -0.25) is 0 Å². The van der Waals surface area contributed by atoms with Crippen molar-refractivity contribution in [2.75, 3.05) is 7.11 Å². The van der Waals surface area contributed by atoms with Gasteiger partial charge in [-0.05, 0) is 52.9 Å². The Morgan fingerprint density at radius 1 is 1.37 bits per heavy atom. The third-order valence-corrected chi connectivity index (χ3v) is 4.83. The Morgan fingerprint density at radius 2 is 2.16 bits per heavy atom. The lowest BCUT2D eigenvalue weighted by Crippen LogP contribution is -1.97. The van der Waals surface area contributed by atoms with Crippen LogP contribution in [0.4, 0.5) is 0 Å². The van der Waals surface area contributed by atoms with Gasteiger partial charge in [0.15, 0.2) is 0 Å². The summed E-state index contributed by atoms with van der Waals surface area (Å²) in [6.45, 7) is 0. The highest BCUT2D eigenvalue weighted by molar-refractivity contribution is 9.10. The van der Waals surface area contributed by atoms with Crippen LogP contribution in [-0.4, -0.2) is 12.2 Å². The monoisotopic (exact) mass is 340 g/mol. The average molecular weight is 341 g/mol. The highest BCUT2D eigenvalue weighted by Gasteiger charge is 2.10. The highest BCUT2D eigenvalue weighted by atomic mass is 79.9. The fraction of sp³-hybridized carbons (Fsp3) is 0.333. The van der Waals surface area contributed by atoms with E-state index in [-0.39, 0.29) is 6.10 Å². The molecule has 0 unspecified atom stereocenters. The summed E-state index contributed by atoms with van der Waals surface area (Å²) in [5.74, 6) is 0.927. The van der Waals surface area contributed by atoms with Crippen LogP contribution in [0.5, 0.6) is 5.75 Å². The second-order valence-electron chi connectivity index (χ2n) is 4.39. The number of para-hydroxylation sites is 1. The van der Waals surface area contributed by atoms with Crippen molar-refractivity contribution in [1.82, 2.24) is 0 Å². The lowest BCUT2D eigenvalue weighted by molar-refractivity contribution is 0.168. The molecule has 1 aromatic heterocycles. The molecule has 0 saturated carbocycles. The lowest BCUT2D eigenvalue weighted by Gasteiger charge is -2.10. The van der Waals surface area contributed by atoms with Gasteiger partial charge in [0.1, 0.15) is 5.75 Å². The molecule has 1 heterocycles. The van der Waals surface area contributed by atoms with Crippen molar-refractivity contribution in [3.8, 4) is 5.75 Å². The van der Waals surface area contributed by atoms with E-state index in [0.717, 1.165) is 34.4 Å². The molecule has 1 N–H and O–H groups in total. The zero-order valence-corrected chi connectivity index (χ0v) is 13.2. The first kappa shape index (κ1) is 14.6. The number of halogens is 1. The van der Waals surface area contributed by atoms with Crippen LogP contribution in [0.25, 0.3) is 0 Å². The number of ether oxygens (including phenoxy) is 1. The van der Waals surface area contributed by atoms with Crippen molar-refractivity contribution in [3.05, 3.63) is 50.6 Å². The Morgan fingerprint density at radius 3 is 2.84 bits per heavy atom. The van der Waals surface area contributed by atoms with Crippen molar-refractivity contribution >= 4 is 27.3 Å². The van der Waals surface area contributed by atoms with Gasteiger partial charge in [-0.25, -0.2) is 0 Å². The summed E-state index contributed by atoms with van der Waals surface area (Å²) >= 11 is 5.00.